The monoisotopic (exact) mass is 374 g/mol. The predicted octanol–water partition coefficient (Wildman–Crippen LogP) is 3.29. The van der Waals surface area contributed by atoms with Crippen molar-refractivity contribution in [1.82, 2.24) is 15.3 Å². The Balaban J connectivity index is 1.83. The highest BCUT2D eigenvalue weighted by molar-refractivity contribution is 9.10. The van der Waals surface area contributed by atoms with Gasteiger partial charge in [-0.05, 0) is 52.0 Å². The van der Waals surface area contributed by atoms with Crippen LogP contribution in [0.5, 0.6) is 0 Å². The molecule has 0 amide bonds. The zero-order valence-electron chi connectivity index (χ0n) is 13.7. The maximum absolute atomic E-state index is 4.57. The number of nitrogens with one attached hydrogen (secondary N) is 1. The minimum atomic E-state index is 0.0377. The molecule has 1 unspecified atom stereocenters. The van der Waals surface area contributed by atoms with Crippen LogP contribution in [0.1, 0.15) is 19.4 Å². The van der Waals surface area contributed by atoms with Crippen LogP contribution in [0.3, 0.4) is 0 Å². The number of pyridine rings is 2. The summed E-state index contributed by atoms with van der Waals surface area (Å²) in [6.07, 6.45) is 6.65. The minimum Gasteiger partial charge on any atom is -0.353 e. The molecule has 1 N–H and O–H groups in total. The highest BCUT2D eigenvalue weighted by Gasteiger charge is 2.38. The van der Waals surface area contributed by atoms with E-state index in [-0.39, 0.29) is 5.54 Å². The number of hydrogen-bond acceptors (Lipinski definition) is 4. The molecule has 1 aliphatic rings. The second-order valence-corrected chi connectivity index (χ2v) is 7.45. The van der Waals surface area contributed by atoms with Crippen molar-refractivity contribution in [2.75, 3.05) is 24.5 Å². The molecular formula is C18H23BrN4. The van der Waals surface area contributed by atoms with E-state index in [0.717, 1.165) is 36.3 Å². The van der Waals surface area contributed by atoms with Crippen molar-refractivity contribution in [2.45, 2.75) is 25.8 Å². The lowest BCUT2D eigenvalue weighted by Crippen LogP contribution is -2.64. The summed E-state index contributed by atoms with van der Waals surface area (Å²) < 4.78 is 1.02. The number of halogens is 1. The summed E-state index contributed by atoms with van der Waals surface area (Å²) >= 11 is 3.46. The molecular weight excluding hydrogens is 352 g/mol. The van der Waals surface area contributed by atoms with E-state index in [1.165, 1.54) is 5.56 Å². The van der Waals surface area contributed by atoms with Gasteiger partial charge in [0.1, 0.15) is 5.82 Å². The highest BCUT2D eigenvalue weighted by atomic mass is 79.9. The third kappa shape index (κ3) is 3.72. The fraction of sp³-hybridized carbons (Fsp3) is 0.444. The van der Waals surface area contributed by atoms with E-state index in [0.29, 0.717) is 5.92 Å². The molecule has 2 aromatic heterocycles. The molecule has 3 rings (SSSR count). The Labute approximate surface area is 146 Å². The molecule has 4 nitrogen and oxygen atoms in total. The molecule has 1 saturated heterocycles. The summed E-state index contributed by atoms with van der Waals surface area (Å²) in [7, 11) is 0. The van der Waals surface area contributed by atoms with Crippen molar-refractivity contribution >= 4 is 21.7 Å². The fourth-order valence-electron chi connectivity index (χ4n) is 3.24. The summed E-state index contributed by atoms with van der Waals surface area (Å²) in [5.41, 5.74) is 1.31. The van der Waals surface area contributed by atoms with Gasteiger partial charge in [0.15, 0.2) is 0 Å². The van der Waals surface area contributed by atoms with Crippen LogP contribution in [-0.2, 0) is 6.42 Å². The maximum atomic E-state index is 4.57. The molecule has 1 atom stereocenters. The van der Waals surface area contributed by atoms with Crippen molar-refractivity contribution < 1.29 is 0 Å². The van der Waals surface area contributed by atoms with Crippen LogP contribution in [-0.4, -0.2) is 35.1 Å². The number of aromatic nitrogens is 2. The number of piperazine rings is 1. The first kappa shape index (κ1) is 16.4. The lowest BCUT2D eigenvalue weighted by Gasteiger charge is -2.47. The van der Waals surface area contributed by atoms with Gasteiger partial charge in [0.2, 0.25) is 0 Å². The van der Waals surface area contributed by atoms with Crippen molar-refractivity contribution in [3.63, 3.8) is 0 Å². The number of anilines is 1. The van der Waals surface area contributed by atoms with Crippen LogP contribution in [0.4, 0.5) is 5.82 Å². The van der Waals surface area contributed by atoms with Gasteiger partial charge in [0, 0.05) is 48.2 Å². The fourth-order valence-corrected chi connectivity index (χ4v) is 3.48. The van der Waals surface area contributed by atoms with Gasteiger partial charge in [0.05, 0.1) is 0 Å². The van der Waals surface area contributed by atoms with Crippen LogP contribution in [0.25, 0.3) is 0 Å². The SMILES string of the molecule is CC(C)C1(Cc2cccnc2)CN(c2ccc(Br)cn2)CCN1. The van der Waals surface area contributed by atoms with E-state index in [1.54, 1.807) is 0 Å². The molecule has 2 aromatic rings. The Morgan fingerprint density at radius 1 is 1.30 bits per heavy atom. The zero-order valence-corrected chi connectivity index (χ0v) is 15.3. The van der Waals surface area contributed by atoms with Crippen LogP contribution < -0.4 is 10.2 Å². The first-order valence-electron chi connectivity index (χ1n) is 8.09. The van der Waals surface area contributed by atoms with Crippen molar-refractivity contribution in [3.8, 4) is 0 Å². The second-order valence-electron chi connectivity index (χ2n) is 6.53. The Bertz CT molecular complexity index is 629. The molecule has 0 spiro atoms. The van der Waals surface area contributed by atoms with E-state index in [9.17, 15) is 0 Å². The van der Waals surface area contributed by atoms with Gasteiger partial charge >= 0.3 is 0 Å². The van der Waals surface area contributed by atoms with Gasteiger partial charge < -0.3 is 10.2 Å². The maximum Gasteiger partial charge on any atom is 0.128 e. The lowest BCUT2D eigenvalue weighted by atomic mass is 9.79. The lowest BCUT2D eigenvalue weighted by molar-refractivity contribution is 0.215. The molecule has 122 valence electrons. The molecule has 0 aromatic carbocycles. The van der Waals surface area contributed by atoms with Gasteiger partial charge in [0.25, 0.3) is 0 Å². The van der Waals surface area contributed by atoms with Crippen molar-refractivity contribution in [3.05, 3.63) is 52.9 Å². The second kappa shape index (κ2) is 6.97. The molecule has 3 heterocycles. The largest absolute Gasteiger partial charge is 0.353 e. The van der Waals surface area contributed by atoms with Crippen LogP contribution in [0, 0.1) is 5.92 Å². The standard InChI is InChI=1S/C18H23BrN4/c1-14(2)18(10-15-4-3-7-20-11-15)13-23(9-8-22-18)17-6-5-16(19)12-21-17/h3-7,11-12,14,22H,8-10,13H2,1-2H3. The smallest absolute Gasteiger partial charge is 0.128 e. The molecule has 1 aliphatic heterocycles. The van der Waals surface area contributed by atoms with Crippen LogP contribution in [0.15, 0.2) is 47.3 Å². The third-order valence-corrected chi connectivity index (χ3v) is 5.18. The van der Waals surface area contributed by atoms with E-state index in [2.05, 4.69) is 68.2 Å². The van der Waals surface area contributed by atoms with E-state index >= 15 is 0 Å². The molecule has 0 radical (unpaired) electrons. The highest BCUT2D eigenvalue weighted by Crippen LogP contribution is 2.28. The third-order valence-electron chi connectivity index (χ3n) is 4.72. The quantitative estimate of drug-likeness (QED) is 0.891. The normalized spacial score (nSPS) is 21.7. The Hall–Kier alpha value is -1.46. The molecule has 23 heavy (non-hydrogen) atoms. The van der Waals surface area contributed by atoms with Gasteiger partial charge in [-0.3, -0.25) is 4.98 Å². The van der Waals surface area contributed by atoms with Gasteiger partial charge in [-0.2, -0.15) is 0 Å². The van der Waals surface area contributed by atoms with Gasteiger partial charge in [-0.15, -0.1) is 0 Å². The molecule has 5 heteroatoms. The summed E-state index contributed by atoms with van der Waals surface area (Å²) in [4.78, 5) is 11.2. The van der Waals surface area contributed by atoms with E-state index < -0.39 is 0 Å². The van der Waals surface area contributed by atoms with Crippen molar-refractivity contribution in [2.24, 2.45) is 5.92 Å². The molecule has 0 aliphatic carbocycles. The summed E-state index contributed by atoms with van der Waals surface area (Å²) in [6.45, 7) is 7.49. The summed E-state index contributed by atoms with van der Waals surface area (Å²) in [5.74, 6) is 1.56. The Kier molecular flexibility index (Phi) is 4.97. The topological polar surface area (TPSA) is 41.1 Å². The van der Waals surface area contributed by atoms with E-state index in [4.69, 9.17) is 0 Å². The van der Waals surface area contributed by atoms with Crippen LogP contribution in [0.2, 0.25) is 0 Å². The van der Waals surface area contributed by atoms with Gasteiger partial charge in [-0.1, -0.05) is 19.9 Å². The van der Waals surface area contributed by atoms with Crippen LogP contribution >= 0.6 is 15.9 Å². The number of rotatable bonds is 4. The van der Waals surface area contributed by atoms with Gasteiger partial charge in [-0.25, -0.2) is 4.98 Å². The first-order valence-corrected chi connectivity index (χ1v) is 8.89. The Morgan fingerprint density at radius 3 is 2.83 bits per heavy atom. The zero-order chi connectivity index (χ0) is 16.3. The summed E-state index contributed by atoms with van der Waals surface area (Å²) in [6, 6.07) is 8.32. The molecule has 1 fully saturated rings. The first-order chi connectivity index (χ1) is 11.1. The Morgan fingerprint density at radius 2 is 2.17 bits per heavy atom. The minimum absolute atomic E-state index is 0.0377. The van der Waals surface area contributed by atoms with Crippen molar-refractivity contribution in [1.29, 1.82) is 0 Å². The average molecular weight is 375 g/mol. The number of nitrogens with zero attached hydrogens (tertiary/aromatic N) is 3. The summed E-state index contributed by atoms with van der Waals surface area (Å²) in [5, 5.41) is 3.79. The molecule has 0 saturated carbocycles. The van der Waals surface area contributed by atoms with E-state index in [1.807, 2.05) is 24.7 Å². The molecule has 0 bridgehead atoms. The predicted molar refractivity (Wildman–Crippen MR) is 97.7 cm³/mol. The number of hydrogen-bond donors (Lipinski definition) is 1. The average Bonchev–Trinajstić information content (AvgIpc) is 2.56.